The summed E-state index contributed by atoms with van der Waals surface area (Å²) in [6.07, 6.45) is 2.04. The fourth-order valence-electron chi connectivity index (χ4n) is 3.23. The molecule has 1 aliphatic heterocycles. The largest absolute Gasteiger partial charge is 0.478 e. The molecule has 2 aromatic rings. The second kappa shape index (κ2) is 10.0. The monoisotopic (exact) mass is 451 g/mol. The van der Waals surface area contributed by atoms with Crippen LogP contribution in [0, 0.1) is 5.82 Å². The zero-order valence-corrected chi connectivity index (χ0v) is 17.3. The van der Waals surface area contributed by atoms with Gasteiger partial charge in [0.25, 0.3) is 0 Å². The number of aliphatic carboxylic acids is 1. The molecule has 8 heteroatoms. The van der Waals surface area contributed by atoms with Crippen LogP contribution in [0.25, 0.3) is 0 Å². The van der Waals surface area contributed by atoms with Crippen LogP contribution in [0.4, 0.5) is 17.6 Å². The van der Waals surface area contributed by atoms with Crippen molar-refractivity contribution in [3.8, 4) is 0 Å². The number of halogens is 4. The number of carboxylic acid groups (broad SMARTS) is 1. The Morgan fingerprint density at radius 2 is 1.68 bits per heavy atom. The number of aryl methyl sites for hydroxylation is 1. The van der Waals surface area contributed by atoms with E-state index in [2.05, 4.69) is 0 Å². The van der Waals surface area contributed by atoms with E-state index in [0.717, 1.165) is 30.5 Å². The quantitative estimate of drug-likeness (QED) is 0.402. The van der Waals surface area contributed by atoms with Gasteiger partial charge >= 0.3 is 12.1 Å². The zero-order valence-electron chi connectivity index (χ0n) is 16.5. The Kier molecular flexibility index (Phi) is 7.43. The molecule has 1 N–H and O–H groups in total. The molecule has 3 rings (SSSR count). The van der Waals surface area contributed by atoms with Crippen LogP contribution in [0.15, 0.2) is 72.5 Å². The van der Waals surface area contributed by atoms with Crippen LogP contribution in [-0.4, -0.2) is 27.1 Å². The number of rotatable bonds is 8. The first-order chi connectivity index (χ1) is 14.7. The van der Waals surface area contributed by atoms with Crippen molar-refractivity contribution >= 4 is 17.7 Å². The minimum absolute atomic E-state index is 0.223. The molecule has 0 spiro atoms. The van der Waals surface area contributed by atoms with Gasteiger partial charge in [0.15, 0.2) is 0 Å². The third-order valence-corrected chi connectivity index (χ3v) is 6.18. The molecule has 0 radical (unpaired) electrons. The van der Waals surface area contributed by atoms with E-state index >= 15 is 0 Å². The minimum atomic E-state index is -4.40. The van der Waals surface area contributed by atoms with E-state index in [-0.39, 0.29) is 17.9 Å². The number of alkyl halides is 3. The minimum Gasteiger partial charge on any atom is -0.478 e. The Labute approximate surface area is 182 Å². The molecule has 1 unspecified atom stereocenters. The molecule has 0 saturated carbocycles. The Balaban J connectivity index is 1.64. The lowest BCUT2D eigenvalue weighted by Gasteiger charge is -2.33. The highest BCUT2D eigenvalue weighted by Crippen LogP contribution is 2.32. The molecule has 0 aromatic heterocycles. The maximum atomic E-state index is 13.0. The fourth-order valence-corrected chi connectivity index (χ4v) is 4.46. The van der Waals surface area contributed by atoms with E-state index in [9.17, 15) is 27.5 Å². The highest BCUT2D eigenvalue weighted by molar-refractivity contribution is 8.00. The van der Waals surface area contributed by atoms with Crippen LogP contribution in [0.3, 0.4) is 0 Å². The third kappa shape index (κ3) is 6.37. The average Bonchev–Trinajstić information content (AvgIpc) is 2.73. The van der Waals surface area contributed by atoms with Crippen LogP contribution < -0.4 is 0 Å². The molecule has 0 amide bonds. The van der Waals surface area contributed by atoms with Gasteiger partial charge < -0.3 is 10.0 Å². The summed E-state index contributed by atoms with van der Waals surface area (Å²) in [4.78, 5) is 13.5. The molecule has 3 nitrogen and oxygen atoms in total. The second-order valence-electron chi connectivity index (χ2n) is 7.09. The summed E-state index contributed by atoms with van der Waals surface area (Å²) in [7, 11) is 0. The summed E-state index contributed by atoms with van der Waals surface area (Å²) in [5, 5.41) is 9.12. The average molecular weight is 451 g/mol. The number of benzene rings is 2. The molecular weight excluding hydrogens is 430 g/mol. The van der Waals surface area contributed by atoms with E-state index in [1.54, 1.807) is 30.5 Å². The third-order valence-electron chi connectivity index (χ3n) is 4.81. The first-order valence-corrected chi connectivity index (χ1v) is 10.7. The van der Waals surface area contributed by atoms with Gasteiger partial charge in [-0.25, -0.2) is 9.18 Å². The van der Waals surface area contributed by atoms with E-state index in [0.29, 0.717) is 11.3 Å². The predicted molar refractivity (Wildman–Crippen MR) is 113 cm³/mol. The molecule has 2 aromatic carbocycles. The van der Waals surface area contributed by atoms with Crippen LogP contribution in [0.5, 0.6) is 0 Å². The molecule has 164 valence electrons. The molecule has 0 bridgehead atoms. The highest BCUT2D eigenvalue weighted by atomic mass is 32.2. The summed E-state index contributed by atoms with van der Waals surface area (Å²) in [6.45, 7) is 0.287. The van der Waals surface area contributed by atoms with Crippen LogP contribution in [0.1, 0.15) is 23.1 Å². The van der Waals surface area contributed by atoms with Gasteiger partial charge in [-0.15, -0.1) is 11.8 Å². The second-order valence-corrected chi connectivity index (χ2v) is 8.28. The summed E-state index contributed by atoms with van der Waals surface area (Å²) in [5.74, 6) is -0.649. The standard InChI is InChI=1S/C23H21F4NO2S/c24-19-11-7-16(8-12-19)3-2-14-31-21-20(22(29)30)4-1-13-28(21)15-17-5-9-18(10-6-17)23(25,26)27/h1,4-13,21H,2-3,14-15H2,(H,29,30). The Bertz CT molecular complexity index is 953. The van der Waals surface area contributed by atoms with Gasteiger partial charge in [0, 0.05) is 12.7 Å². The van der Waals surface area contributed by atoms with Crippen molar-refractivity contribution in [3.63, 3.8) is 0 Å². The van der Waals surface area contributed by atoms with Crippen molar-refractivity contribution in [2.45, 2.75) is 30.9 Å². The Morgan fingerprint density at radius 1 is 1.03 bits per heavy atom. The zero-order chi connectivity index (χ0) is 22.4. The van der Waals surface area contributed by atoms with Crippen molar-refractivity contribution in [2.24, 2.45) is 0 Å². The summed E-state index contributed by atoms with van der Waals surface area (Å²) >= 11 is 1.46. The number of carbonyl (C=O) groups is 1. The van der Waals surface area contributed by atoms with Crippen LogP contribution in [-0.2, 0) is 23.9 Å². The Hall–Kier alpha value is -2.74. The predicted octanol–water partition coefficient (Wildman–Crippen LogP) is 5.88. The topological polar surface area (TPSA) is 40.5 Å². The molecule has 1 aliphatic rings. The maximum absolute atomic E-state index is 13.0. The Morgan fingerprint density at radius 3 is 2.29 bits per heavy atom. The molecule has 1 atom stereocenters. The SMILES string of the molecule is O=C(O)C1=CC=CN(Cc2ccc(C(F)(F)F)cc2)C1SCCCc1ccc(F)cc1. The number of thioether (sulfide) groups is 1. The number of carboxylic acids is 1. The summed E-state index contributed by atoms with van der Waals surface area (Å²) < 4.78 is 51.3. The summed E-state index contributed by atoms with van der Waals surface area (Å²) in [5.41, 5.74) is 1.16. The van der Waals surface area contributed by atoms with Crippen molar-refractivity contribution in [1.82, 2.24) is 4.90 Å². The van der Waals surface area contributed by atoms with Gasteiger partial charge in [-0.2, -0.15) is 13.2 Å². The molecule has 31 heavy (non-hydrogen) atoms. The molecule has 0 aliphatic carbocycles. The number of nitrogens with zero attached hydrogens (tertiary/aromatic N) is 1. The van der Waals surface area contributed by atoms with E-state index in [4.69, 9.17) is 0 Å². The maximum Gasteiger partial charge on any atom is 0.416 e. The first-order valence-electron chi connectivity index (χ1n) is 9.63. The van der Waals surface area contributed by atoms with E-state index in [1.807, 2.05) is 4.90 Å². The fraction of sp³-hybridized carbons (Fsp3) is 0.261. The molecular formula is C23H21F4NO2S. The normalized spacial score (nSPS) is 16.3. The van der Waals surface area contributed by atoms with E-state index in [1.165, 1.54) is 36.0 Å². The first kappa shape index (κ1) is 22.9. The van der Waals surface area contributed by atoms with Crippen LogP contribution in [0.2, 0.25) is 0 Å². The molecule has 0 saturated heterocycles. The number of hydrogen-bond acceptors (Lipinski definition) is 3. The van der Waals surface area contributed by atoms with Gasteiger partial charge in [-0.1, -0.05) is 24.3 Å². The van der Waals surface area contributed by atoms with Gasteiger partial charge in [0.05, 0.1) is 11.1 Å². The molecule has 1 heterocycles. The lowest BCUT2D eigenvalue weighted by Crippen LogP contribution is -2.34. The smallest absolute Gasteiger partial charge is 0.416 e. The lowest BCUT2D eigenvalue weighted by atomic mass is 10.1. The van der Waals surface area contributed by atoms with Crippen molar-refractivity contribution < 1.29 is 27.5 Å². The van der Waals surface area contributed by atoms with Gasteiger partial charge in [0.1, 0.15) is 11.2 Å². The van der Waals surface area contributed by atoms with Crippen LogP contribution >= 0.6 is 11.8 Å². The van der Waals surface area contributed by atoms with Gasteiger partial charge in [0.2, 0.25) is 0 Å². The number of hydrogen-bond donors (Lipinski definition) is 1. The van der Waals surface area contributed by atoms with Gasteiger partial charge in [-0.3, -0.25) is 0 Å². The number of allylic oxidation sites excluding steroid dienone is 2. The lowest BCUT2D eigenvalue weighted by molar-refractivity contribution is -0.137. The molecule has 0 fully saturated rings. The van der Waals surface area contributed by atoms with E-state index < -0.39 is 23.1 Å². The van der Waals surface area contributed by atoms with Crippen molar-refractivity contribution in [2.75, 3.05) is 5.75 Å². The van der Waals surface area contributed by atoms with Crippen molar-refractivity contribution in [1.29, 1.82) is 0 Å². The highest BCUT2D eigenvalue weighted by Gasteiger charge is 2.31. The summed E-state index contributed by atoms with van der Waals surface area (Å²) in [6, 6.07) is 11.1. The van der Waals surface area contributed by atoms with Crippen molar-refractivity contribution in [3.05, 3.63) is 95.0 Å². The van der Waals surface area contributed by atoms with Gasteiger partial charge in [-0.05, 0) is 66.1 Å².